The molecule has 0 amide bonds. The number of alkyl halides is 3. The van der Waals surface area contributed by atoms with E-state index in [2.05, 4.69) is 22.5 Å². The van der Waals surface area contributed by atoms with E-state index in [9.17, 15) is 18.3 Å². The van der Waals surface area contributed by atoms with Crippen LogP contribution in [-0.2, 0) is 6.18 Å². The SMILES string of the molecule is C=C(CC)CC(O)c1ccc(Br)c(C(F)(F)F)c1. The van der Waals surface area contributed by atoms with Crippen LogP contribution in [0, 0.1) is 0 Å². The molecule has 0 spiro atoms. The summed E-state index contributed by atoms with van der Waals surface area (Å²) in [6, 6.07) is 3.75. The van der Waals surface area contributed by atoms with E-state index in [-0.39, 0.29) is 16.5 Å². The molecule has 5 heteroatoms. The number of aliphatic hydroxyl groups excluding tert-OH is 1. The molecule has 1 unspecified atom stereocenters. The fraction of sp³-hybridized carbons (Fsp3) is 0.385. The van der Waals surface area contributed by atoms with Crippen molar-refractivity contribution in [1.82, 2.24) is 0 Å². The number of rotatable bonds is 4. The molecule has 1 atom stereocenters. The number of benzene rings is 1. The Morgan fingerprint density at radius 1 is 1.44 bits per heavy atom. The maximum absolute atomic E-state index is 12.7. The van der Waals surface area contributed by atoms with E-state index in [1.807, 2.05) is 6.92 Å². The van der Waals surface area contributed by atoms with Gasteiger partial charge in [0.2, 0.25) is 0 Å². The largest absolute Gasteiger partial charge is 0.417 e. The van der Waals surface area contributed by atoms with Crippen LogP contribution >= 0.6 is 15.9 Å². The van der Waals surface area contributed by atoms with Crippen LogP contribution in [0.5, 0.6) is 0 Å². The molecule has 0 fully saturated rings. The summed E-state index contributed by atoms with van der Waals surface area (Å²) in [5, 5.41) is 9.86. The molecule has 0 aliphatic heterocycles. The first-order valence-corrected chi connectivity index (χ1v) is 6.26. The van der Waals surface area contributed by atoms with Crippen LogP contribution in [0.15, 0.2) is 34.8 Å². The summed E-state index contributed by atoms with van der Waals surface area (Å²) in [6.45, 7) is 5.62. The zero-order chi connectivity index (χ0) is 13.9. The normalized spacial score (nSPS) is 13.4. The van der Waals surface area contributed by atoms with Gasteiger partial charge in [-0.05, 0) is 30.5 Å². The maximum atomic E-state index is 12.7. The second-order valence-corrected chi connectivity index (χ2v) is 4.91. The van der Waals surface area contributed by atoms with Crippen molar-refractivity contribution in [3.8, 4) is 0 Å². The van der Waals surface area contributed by atoms with Crippen molar-refractivity contribution >= 4 is 15.9 Å². The highest BCUT2D eigenvalue weighted by Gasteiger charge is 2.33. The lowest BCUT2D eigenvalue weighted by molar-refractivity contribution is -0.138. The topological polar surface area (TPSA) is 20.2 Å². The van der Waals surface area contributed by atoms with Crippen LogP contribution in [0.4, 0.5) is 13.2 Å². The first-order valence-electron chi connectivity index (χ1n) is 5.47. The molecule has 0 saturated carbocycles. The van der Waals surface area contributed by atoms with Gasteiger partial charge in [0.05, 0.1) is 11.7 Å². The molecule has 1 nitrogen and oxygen atoms in total. The van der Waals surface area contributed by atoms with E-state index < -0.39 is 17.8 Å². The fourth-order valence-corrected chi connectivity index (χ4v) is 1.97. The highest BCUT2D eigenvalue weighted by Crippen LogP contribution is 2.37. The minimum atomic E-state index is -4.43. The molecule has 1 N–H and O–H groups in total. The van der Waals surface area contributed by atoms with Crippen molar-refractivity contribution in [1.29, 1.82) is 0 Å². The zero-order valence-electron chi connectivity index (χ0n) is 9.89. The fourth-order valence-electron chi connectivity index (χ4n) is 1.50. The number of halogens is 4. The minimum absolute atomic E-state index is 0.0275. The van der Waals surface area contributed by atoms with Crippen molar-refractivity contribution in [2.45, 2.75) is 32.0 Å². The minimum Gasteiger partial charge on any atom is -0.388 e. The van der Waals surface area contributed by atoms with E-state index in [1.54, 1.807) is 0 Å². The van der Waals surface area contributed by atoms with E-state index in [0.717, 1.165) is 11.6 Å². The van der Waals surface area contributed by atoms with Crippen LogP contribution in [0.1, 0.15) is 37.0 Å². The Kier molecular flexibility index (Phi) is 4.99. The summed E-state index contributed by atoms with van der Waals surface area (Å²) < 4.78 is 38.0. The van der Waals surface area contributed by atoms with Gasteiger partial charge in [0.25, 0.3) is 0 Å². The third-order valence-corrected chi connectivity index (χ3v) is 3.35. The first-order chi connectivity index (χ1) is 8.25. The van der Waals surface area contributed by atoms with Crippen molar-refractivity contribution in [3.63, 3.8) is 0 Å². The van der Waals surface area contributed by atoms with Gasteiger partial charge in [-0.15, -0.1) is 0 Å². The van der Waals surface area contributed by atoms with Crippen LogP contribution in [0.2, 0.25) is 0 Å². The quantitative estimate of drug-likeness (QED) is 0.785. The average Bonchev–Trinajstić information content (AvgIpc) is 2.27. The molecule has 0 aromatic heterocycles. The Labute approximate surface area is 112 Å². The van der Waals surface area contributed by atoms with Crippen molar-refractivity contribution in [2.75, 3.05) is 0 Å². The summed E-state index contributed by atoms with van der Waals surface area (Å²) in [4.78, 5) is 0. The van der Waals surface area contributed by atoms with Crippen LogP contribution in [-0.4, -0.2) is 5.11 Å². The molecule has 0 aliphatic carbocycles. The summed E-state index contributed by atoms with van der Waals surface area (Å²) in [5.74, 6) is 0. The van der Waals surface area contributed by atoms with Crippen LogP contribution < -0.4 is 0 Å². The van der Waals surface area contributed by atoms with Gasteiger partial charge in [-0.25, -0.2) is 0 Å². The number of hydrogen-bond donors (Lipinski definition) is 1. The Hall–Kier alpha value is -0.810. The molecule has 0 heterocycles. The Morgan fingerprint density at radius 2 is 2.06 bits per heavy atom. The summed E-state index contributed by atoms with van der Waals surface area (Å²) in [5.41, 5.74) is 0.278. The first kappa shape index (κ1) is 15.2. The van der Waals surface area contributed by atoms with Crippen molar-refractivity contribution < 1.29 is 18.3 Å². The van der Waals surface area contributed by atoms with Gasteiger partial charge >= 0.3 is 6.18 Å². The van der Waals surface area contributed by atoms with E-state index in [0.29, 0.717) is 6.42 Å². The molecular formula is C13H14BrF3O. The molecule has 0 aliphatic rings. The molecule has 0 bridgehead atoms. The van der Waals surface area contributed by atoms with Gasteiger partial charge in [0, 0.05) is 4.47 Å². The second kappa shape index (κ2) is 5.89. The van der Waals surface area contributed by atoms with Crippen molar-refractivity contribution in [3.05, 3.63) is 46.0 Å². The molecule has 100 valence electrons. The van der Waals surface area contributed by atoms with Gasteiger partial charge in [-0.1, -0.05) is 41.1 Å². The van der Waals surface area contributed by atoms with E-state index in [4.69, 9.17) is 0 Å². The lowest BCUT2D eigenvalue weighted by Crippen LogP contribution is -2.08. The third kappa shape index (κ3) is 3.85. The van der Waals surface area contributed by atoms with Gasteiger partial charge in [0.1, 0.15) is 0 Å². The van der Waals surface area contributed by atoms with Gasteiger partial charge in [0.15, 0.2) is 0 Å². The molecule has 1 aromatic rings. The summed E-state index contributed by atoms with van der Waals surface area (Å²) in [6.07, 6.45) is -4.42. The smallest absolute Gasteiger partial charge is 0.388 e. The van der Waals surface area contributed by atoms with Crippen LogP contribution in [0.3, 0.4) is 0 Å². The maximum Gasteiger partial charge on any atom is 0.417 e. The molecule has 18 heavy (non-hydrogen) atoms. The molecule has 1 aromatic carbocycles. The second-order valence-electron chi connectivity index (χ2n) is 4.06. The predicted molar refractivity (Wildman–Crippen MR) is 68.2 cm³/mol. The van der Waals surface area contributed by atoms with Crippen molar-refractivity contribution in [2.24, 2.45) is 0 Å². The Balaban J connectivity index is 3.01. The lowest BCUT2D eigenvalue weighted by Gasteiger charge is -2.15. The molecule has 0 saturated heterocycles. The van der Waals surface area contributed by atoms with Gasteiger partial charge < -0.3 is 5.11 Å². The predicted octanol–water partition coefficient (Wildman–Crippen LogP) is 4.86. The zero-order valence-corrected chi connectivity index (χ0v) is 11.5. The molecular weight excluding hydrogens is 309 g/mol. The molecule has 0 radical (unpaired) electrons. The van der Waals surface area contributed by atoms with Gasteiger partial charge in [-0.3, -0.25) is 0 Å². The monoisotopic (exact) mass is 322 g/mol. The standard InChI is InChI=1S/C13H14BrF3O/c1-3-8(2)6-12(18)9-4-5-11(14)10(7-9)13(15,16)17/h4-5,7,12,18H,2-3,6H2,1H3. The number of hydrogen-bond acceptors (Lipinski definition) is 1. The third-order valence-electron chi connectivity index (χ3n) is 2.66. The molecule has 1 rings (SSSR count). The summed E-state index contributed by atoms with van der Waals surface area (Å²) in [7, 11) is 0. The van der Waals surface area contributed by atoms with Crippen LogP contribution in [0.25, 0.3) is 0 Å². The highest BCUT2D eigenvalue weighted by atomic mass is 79.9. The lowest BCUT2D eigenvalue weighted by atomic mass is 9.99. The average molecular weight is 323 g/mol. The summed E-state index contributed by atoms with van der Waals surface area (Å²) >= 11 is 2.86. The Bertz CT molecular complexity index is 440. The van der Waals surface area contributed by atoms with E-state index in [1.165, 1.54) is 12.1 Å². The van der Waals surface area contributed by atoms with E-state index >= 15 is 0 Å². The number of aliphatic hydroxyl groups is 1. The Morgan fingerprint density at radius 3 is 2.56 bits per heavy atom. The highest BCUT2D eigenvalue weighted by molar-refractivity contribution is 9.10. The van der Waals surface area contributed by atoms with Gasteiger partial charge in [-0.2, -0.15) is 13.2 Å².